The standard InChI is InChI=1S/C17H24N2O/c1-13-9-14(2)11-16(10-13)20-8-4-7-17(3,12-18)19-15-5-6-15/h9-11,15,19H,4-8H2,1-3H3. The Hall–Kier alpha value is -1.53. The Labute approximate surface area is 121 Å². The molecule has 2 rings (SSSR count). The second-order valence-corrected chi connectivity index (χ2v) is 6.14. The van der Waals surface area contributed by atoms with Gasteiger partial charge in [0.25, 0.3) is 0 Å². The third-order valence-electron chi connectivity index (χ3n) is 3.63. The van der Waals surface area contributed by atoms with Gasteiger partial charge < -0.3 is 4.74 Å². The minimum Gasteiger partial charge on any atom is -0.494 e. The van der Waals surface area contributed by atoms with Gasteiger partial charge in [0.15, 0.2) is 0 Å². The summed E-state index contributed by atoms with van der Waals surface area (Å²) in [4.78, 5) is 0. The first-order chi connectivity index (χ1) is 9.50. The van der Waals surface area contributed by atoms with Crippen LogP contribution in [0.4, 0.5) is 0 Å². The van der Waals surface area contributed by atoms with Crippen molar-refractivity contribution in [3.05, 3.63) is 29.3 Å². The molecular weight excluding hydrogens is 248 g/mol. The minimum absolute atomic E-state index is 0.410. The molecule has 1 atom stereocenters. The van der Waals surface area contributed by atoms with E-state index in [0.29, 0.717) is 12.6 Å². The van der Waals surface area contributed by atoms with Crippen molar-refractivity contribution in [3.63, 3.8) is 0 Å². The van der Waals surface area contributed by atoms with Crippen LogP contribution in [0.15, 0.2) is 18.2 Å². The number of benzene rings is 1. The fourth-order valence-electron chi connectivity index (χ4n) is 2.47. The number of ether oxygens (including phenoxy) is 1. The molecule has 0 bridgehead atoms. The molecule has 0 aliphatic heterocycles. The van der Waals surface area contributed by atoms with Crippen LogP contribution in [0.2, 0.25) is 0 Å². The van der Waals surface area contributed by atoms with Crippen molar-refractivity contribution in [3.8, 4) is 11.8 Å². The number of hydrogen-bond acceptors (Lipinski definition) is 3. The summed E-state index contributed by atoms with van der Waals surface area (Å²) < 4.78 is 5.79. The van der Waals surface area contributed by atoms with Crippen molar-refractivity contribution in [2.45, 2.75) is 58.0 Å². The first kappa shape index (κ1) is 14.9. The van der Waals surface area contributed by atoms with Gasteiger partial charge in [-0.3, -0.25) is 5.32 Å². The van der Waals surface area contributed by atoms with Gasteiger partial charge in [-0.1, -0.05) is 6.07 Å². The number of nitrogens with zero attached hydrogens (tertiary/aromatic N) is 1. The van der Waals surface area contributed by atoms with E-state index in [9.17, 15) is 5.26 Å². The van der Waals surface area contributed by atoms with Crippen LogP contribution in [0, 0.1) is 25.2 Å². The van der Waals surface area contributed by atoms with Crippen LogP contribution in [0.5, 0.6) is 5.75 Å². The predicted molar refractivity (Wildman–Crippen MR) is 80.8 cm³/mol. The van der Waals surface area contributed by atoms with E-state index in [-0.39, 0.29) is 0 Å². The molecule has 1 saturated carbocycles. The van der Waals surface area contributed by atoms with E-state index in [4.69, 9.17) is 4.74 Å². The summed E-state index contributed by atoms with van der Waals surface area (Å²) in [6.07, 6.45) is 4.12. The maximum Gasteiger partial charge on any atom is 0.119 e. The van der Waals surface area contributed by atoms with E-state index < -0.39 is 5.54 Å². The first-order valence-corrected chi connectivity index (χ1v) is 7.41. The molecule has 1 fully saturated rings. The molecule has 1 aromatic carbocycles. The zero-order valence-electron chi connectivity index (χ0n) is 12.7. The Morgan fingerprint density at radius 2 is 1.95 bits per heavy atom. The van der Waals surface area contributed by atoms with E-state index in [1.807, 2.05) is 6.92 Å². The van der Waals surface area contributed by atoms with E-state index >= 15 is 0 Å². The topological polar surface area (TPSA) is 45.0 Å². The third-order valence-corrected chi connectivity index (χ3v) is 3.63. The fourth-order valence-corrected chi connectivity index (χ4v) is 2.47. The molecule has 0 heterocycles. The molecule has 3 heteroatoms. The summed E-state index contributed by atoms with van der Waals surface area (Å²) in [5.41, 5.74) is 2.03. The molecule has 0 spiro atoms. The van der Waals surface area contributed by atoms with Crippen LogP contribution in [-0.2, 0) is 0 Å². The molecule has 20 heavy (non-hydrogen) atoms. The van der Waals surface area contributed by atoms with Gasteiger partial charge in [-0.2, -0.15) is 5.26 Å². The van der Waals surface area contributed by atoms with Crippen LogP contribution in [-0.4, -0.2) is 18.2 Å². The van der Waals surface area contributed by atoms with Gasteiger partial charge in [0.2, 0.25) is 0 Å². The second-order valence-electron chi connectivity index (χ2n) is 6.14. The third kappa shape index (κ3) is 4.54. The van der Waals surface area contributed by atoms with Gasteiger partial charge in [-0.05, 0) is 69.7 Å². The number of aryl methyl sites for hydroxylation is 2. The van der Waals surface area contributed by atoms with Crippen LogP contribution in [0.3, 0.4) is 0 Å². The average molecular weight is 272 g/mol. The van der Waals surface area contributed by atoms with Gasteiger partial charge in [0.05, 0.1) is 12.7 Å². The molecule has 1 aromatic rings. The van der Waals surface area contributed by atoms with E-state index in [1.165, 1.54) is 24.0 Å². The maximum absolute atomic E-state index is 9.30. The summed E-state index contributed by atoms with van der Waals surface area (Å²) in [5.74, 6) is 0.927. The zero-order chi connectivity index (χ0) is 14.6. The Kier molecular flexibility index (Phi) is 4.67. The highest BCUT2D eigenvalue weighted by Gasteiger charge is 2.31. The highest BCUT2D eigenvalue weighted by Crippen LogP contribution is 2.24. The van der Waals surface area contributed by atoms with Crippen LogP contribution >= 0.6 is 0 Å². The molecule has 3 nitrogen and oxygen atoms in total. The molecule has 0 saturated heterocycles. The Morgan fingerprint density at radius 1 is 1.30 bits per heavy atom. The van der Waals surface area contributed by atoms with E-state index in [0.717, 1.165) is 18.6 Å². The highest BCUT2D eigenvalue weighted by atomic mass is 16.5. The summed E-state index contributed by atoms with van der Waals surface area (Å²) in [6.45, 7) is 6.80. The lowest BCUT2D eigenvalue weighted by Crippen LogP contribution is -2.42. The van der Waals surface area contributed by atoms with Crippen molar-refractivity contribution in [2.75, 3.05) is 6.61 Å². The Balaban J connectivity index is 1.76. The van der Waals surface area contributed by atoms with Crippen molar-refractivity contribution >= 4 is 0 Å². The largest absolute Gasteiger partial charge is 0.494 e. The summed E-state index contributed by atoms with van der Waals surface area (Å²) in [6, 6.07) is 9.20. The monoisotopic (exact) mass is 272 g/mol. The number of hydrogen-bond donors (Lipinski definition) is 1. The van der Waals surface area contributed by atoms with Crippen LogP contribution in [0.1, 0.15) is 43.7 Å². The molecule has 0 radical (unpaired) electrons. The average Bonchev–Trinajstić information content (AvgIpc) is 3.17. The molecule has 1 N–H and O–H groups in total. The minimum atomic E-state index is -0.410. The lowest BCUT2D eigenvalue weighted by atomic mass is 9.98. The van der Waals surface area contributed by atoms with Gasteiger partial charge >= 0.3 is 0 Å². The molecule has 1 unspecified atom stereocenters. The van der Waals surface area contributed by atoms with Crippen LogP contribution < -0.4 is 10.1 Å². The number of rotatable bonds is 7. The second kappa shape index (κ2) is 6.28. The predicted octanol–water partition coefficient (Wildman–Crippen LogP) is 3.50. The van der Waals surface area contributed by atoms with Crippen molar-refractivity contribution in [2.24, 2.45) is 0 Å². The molecule has 108 valence electrons. The van der Waals surface area contributed by atoms with Crippen molar-refractivity contribution in [1.82, 2.24) is 5.32 Å². The lowest BCUT2D eigenvalue weighted by molar-refractivity contribution is 0.284. The summed E-state index contributed by atoms with van der Waals surface area (Å²) in [7, 11) is 0. The van der Waals surface area contributed by atoms with E-state index in [1.54, 1.807) is 0 Å². The van der Waals surface area contributed by atoms with Crippen LogP contribution in [0.25, 0.3) is 0 Å². The Bertz CT molecular complexity index is 482. The molecular formula is C17H24N2O. The van der Waals surface area contributed by atoms with Gasteiger partial charge in [-0.15, -0.1) is 0 Å². The zero-order valence-corrected chi connectivity index (χ0v) is 12.7. The maximum atomic E-state index is 9.30. The molecule has 0 amide bonds. The summed E-state index contributed by atoms with van der Waals surface area (Å²) in [5, 5.41) is 12.7. The number of nitriles is 1. The first-order valence-electron chi connectivity index (χ1n) is 7.41. The number of nitrogens with one attached hydrogen (secondary N) is 1. The highest BCUT2D eigenvalue weighted by molar-refractivity contribution is 5.32. The Morgan fingerprint density at radius 3 is 2.50 bits per heavy atom. The van der Waals surface area contributed by atoms with Gasteiger partial charge in [0.1, 0.15) is 11.3 Å². The smallest absolute Gasteiger partial charge is 0.119 e. The fraction of sp³-hybridized carbons (Fsp3) is 0.588. The molecule has 1 aliphatic carbocycles. The quantitative estimate of drug-likeness (QED) is 0.773. The van der Waals surface area contributed by atoms with Crippen molar-refractivity contribution in [1.29, 1.82) is 5.26 Å². The van der Waals surface area contributed by atoms with E-state index in [2.05, 4.69) is 43.4 Å². The van der Waals surface area contributed by atoms with Crippen molar-refractivity contribution < 1.29 is 4.74 Å². The normalized spacial score (nSPS) is 17.3. The SMILES string of the molecule is Cc1cc(C)cc(OCCCC(C)(C#N)NC2CC2)c1. The van der Waals surface area contributed by atoms with Gasteiger partial charge in [-0.25, -0.2) is 0 Å². The summed E-state index contributed by atoms with van der Waals surface area (Å²) >= 11 is 0. The molecule has 0 aromatic heterocycles. The van der Waals surface area contributed by atoms with Gasteiger partial charge in [0, 0.05) is 6.04 Å². The lowest BCUT2D eigenvalue weighted by Gasteiger charge is -2.23. The molecule has 1 aliphatic rings.